The van der Waals surface area contributed by atoms with Gasteiger partial charge >= 0.3 is 0 Å². The summed E-state index contributed by atoms with van der Waals surface area (Å²) >= 11 is 0. The van der Waals surface area contributed by atoms with E-state index in [-0.39, 0.29) is 0 Å². The number of ether oxygens (including phenoxy) is 2. The highest BCUT2D eigenvalue weighted by atomic mass is 16.5. The summed E-state index contributed by atoms with van der Waals surface area (Å²) in [5.74, 6) is 0. The average molecular weight is 343 g/mol. The monoisotopic (exact) mass is 342 g/mol. The second-order valence-electron chi connectivity index (χ2n) is 7.53. The minimum Gasteiger partial charge on any atom is -0.381 e. The zero-order valence-electron chi connectivity index (χ0n) is 16.7. The van der Waals surface area contributed by atoms with Crippen molar-refractivity contribution in [2.24, 2.45) is 10.8 Å². The van der Waals surface area contributed by atoms with Gasteiger partial charge in [-0.2, -0.15) is 0 Å². The molecule has 4 nitrogen and oxygen atoms in total. The molecule has 1 atom stereocenters. The highest BCUT2D eigenvalue weighted by Gasteiger charge is 2.39. The summed E-state index contributed by atoms with van der Waals surface area (Å²) < 4.78 is 10.6. The first kappa shape index (κ1) is 21.9. The number of rotatable bonds is 0. The van der Waals surface area contributed by atoms with Crippen molar-refractivity contribution in [3.8, 4) is 0 Å². The lowest BCUT2D eigenvalue weighted by Gasteiger charge is -2.44. The number of piperidine rings is 2. The van der Waals surface area contributed by atoms with Crippen LogP contribution in [0.5, 0.6) is 0 Å². The molecule has 4 rings (SSSR count). The van der Waals surface area contributed by atoms with E-state index in [1.807, 2.05) is 13.8 Å². The summed E-state index contributed by atoms with van der Waals surface area (Å²) in [4.78, 5) is 0. The lowest BCUT2D eigenvalue weighted by Crippen LogP contribution is -2.49. The molecule has 4 heterocycles. The van der Waals surface area contributed by atoms with Crippen molar-refractivity contribution in [2.75, 3.05) is 52.6 Å². The van der Waals surface area contributed by atoms with E-state index in [1.54, 1.807) is 0 Å². The summed E-state index contributed by atoms with van der Waals surface area (Å²) in [6, 6.07) is 0. The molecule has 144 valence electrons. The molecular formula is C20H42N2O2. The Balaban J connectivity index is 0.000000191. The van der Waals surface area contributed by atoms with Crippen LogP contribution in [0.1, 0.15) is 66.2 Å². The minimum absolute atomic E-state index is 0.540. The first-order chi connectivity index (χ1) is 11.7. The summed E-state index contributed by atoms with van der Waals surface area (Å²) in [5, 5.41) is 6.79. The Morgan fingerprint density at radius 3 is 1.75 bits per heavy atom. The van der Waals surface area contributed by atoms with Crippen LogP contribution in [0.3, 0.4) is 0 Å². The molecule has 0 amide bonds. The molecule has 0 aliphatic carbocycles. The molecule has 0 saturated carbocycles. The predicted molar refractivity (Wildman–Crippen MR) is 103 cm³/mol. The standard InChI is InChI=1S/C8H15NO.C7H13NO.C3H8.C2H6/c1-2-8(6-9-4-1)3-5-10-7-8;1-3-8-4-2-7(1)5-9-6-7;1-3-2;1-2/h9H,1-7H2;8H,1-6H2;3H2,1-2H3;1-2H3. The van der Waals surface area contributed by atoms with Gasteiger partial charge in [-0.1, -0.05) is 34.1 Å². The minimum atomic E-state index is 0.540. The van der Waals surface area contributed by atoms with Crippen LogP contribution in [0.4, 0.5) is 0 Å². The molecule has 1 unspecified atom stereocenters. The highest BCUT2D eigenvalue weighted by Crippen LogP contribution is 2.36. The van der Waals surface area contributed by atoms with Crippen molar-refractivity contribution in [3.63, 3.8) is 0 Å². The smallest absolute Gasteiger partial charge is 0.0545 e. The molecule has 2 N–H and O–H groups in total. The number of hydrogen-bond acceptors (Lipinski definition) is 4. The lowest BCUT2D eigenvalue weighted by atomic mass is 9.77. The van der Waals surface area contributed by atoms with Crippen molar-refractivity contribution in [3.05, 3.63) is 0 Å². The van der Waals surface area contributed by atoms with Gasteiger partial charge in [0.2, 0.25) is 0 Å². The Morgan fingerprint density at radius 2 is 1.38 bits per heavy atom. The van der Waals surface area contributed by atoms with Gasteiger partial charge in [-0.25, -0.2) is 0 Å². The molecule has 4 aliphatic heterocycles. The third-order valence-corrected chi connectivity index (χ3v) is 5.23. The predicted octanol–water partition coefficient (Wildman–Crippen LogP) is 3.61. The Morgan fingerprint density at radius 1 is 0.750 bits per heavy atom. The molecule has 4 aliphatic rings. The molecule has 0 aromatic rings. The van der Waals surface area contributed by atoms with Gasteiger partial charge < -0.3 is 20.1 Å². The Labute approximate surface area is 150 Å². The van der Waals surface area contributed by atoms with Crippen LogP contribution in [0.15, 0.2) is 0 Å². The maximum atomic E-state index is 5.40. The lowest BCUT2D eigenvalue weighted by molar-refractivity contribution is -0.127. The van der Waals surface area contributed by atoms with Crippen molar-refractivity contribution in [1.82, 2.24) is 10.6 Å². The Kier molecular flexibility index (Phi) is 11.2. The summed E-state index contributed by atoms with van der Waals surface area (Å²) in [7, 11) is 0. The van der Waals surface area contributed by atoms with Crippen LogP contribution in [0, 0.1) is 10.8 Å². The third-order valence-electron chi connectivity index (χ3n) is 5.23. The van der Waals surface area contributed by atoms with Crippen molar-refractivity contribution in [1.29, 1.82) is 0 Å². The van der Waals surface area contributed by atoms with Gasteiger partial charge in [0.05, 0.1) is 19.8 Å². The van der Waals surface area contributed by atoms with E-state index in [0.29, 0.717) is 10.8 Å². The van der Waals surface area contributed by atoms with E-state index in [2.05, 4.69) is 24.5 Å². The maximum absolute atomic E-state index is 5.40. The molecule has 0 aromatic heterocycles. The van der Waals surface area contributed by atoms with Gasteiger partial charge in [0.1, 0.15) is 0 Å². The van der Waals surface area contributed by atoms with Crippen LogP contribution in [-0.2, 0) is 9.47 Å². The third kappa shape index (κ3) is 6.99. The van der Waals surface area contributed by atoms with Crippen LogP contribution >= 0.6 is 0 Å². The molecule has 2 spiro atoms. The summed E-state index contributed by atoms with van der Waals surface area (Å²) in [6.45, 7) is 17.1. The molecule has 4 saturated heterocycles. The fourth-order valence-electron chi connectivity index (χ4n) is 3.65. The van der Waals surface area contributed by atoms with E-state index >= 15 is 0 Å². The fraction of sp³-hybridized carbons (Fsp3) is 1.00. The van der Waals surface area contributed by atoms with E-state index in [0.717, 1.165) is 26.4 Å². The highest BCUT2D eigenvalue weighted by molar-refractivity contribution is 4.89. The van der Waals surface area contributed by atoms with Gasteiger partial charge in [0, 0.05) is 24.0 Å². The Hall–Kier alpha value is -0.160. The molecule has 0 aromatic carbocycles. The average Bonchev–Trinajstić information content (AvgIpc) is 3.06. The van der Waals surface area contributed by atoms with E-state index < -0.39 is 0 Å². The van der Waals surface area contributed by atoms with Gasteiger partial charge in [0.25, 0.3) is 0 Å². The first-order valence-corrected chi connectivity index (χ1v) is 10.3. The van der Waals surface area contributed by atoms with Crippen molar-refractivity contribution < 1.29 is 9.47 Å². The molecule has 0 radical (unpaired) electrons. The topological polar surface area (TPSA) is 42.5 Å². The van der Waals surface area contributed by atoms with E-state index in [1.165, 1.54) is 64.7 Å². The van der Waals surface area contributed by atoms with Gasteiger partial charge in [-0.3, -0.25) is 0 Å². The summed E-state index contributed by atoms with van der Waals surface area (Å²) in [6.07, 6.45) is 7.89. The summed E-state index contributed by atoms with van der Waals surface area (Å²) in [5.41, 5.74) is 1.16. The van der Waals surface area contributed by atoms with Crippen LogP contribution < -0.4 is 10.6 Å². The van der Waals surface area contributed by atoms with Gasteiger partial charge in [0.15, 0.2) is 0 Å². The van der Waals surface area contributed by atoms with Crippen LogP contribution in [0.2, 0.25) is 0 Å². The zero-order chi connectivity index (χ0) is 17.7. The largest absolute Gasteiger partial charge is 0.381 e. The number of hydrogen-bond donors (Lipinski definition) is 2. The second kappa shape index (κ2) is 12.2. The molecular weight excluding hydrogens is 300 g/mol. The molecule has 4 fully saturated rings. The normalized spacial score (nSPS) is 30.0. The molecule has 24 heavy (non-hydrogen) atoms. The maximum Gasteiger partial charge on any atom is 0.0545 e. The number of nitrogens with one attached hydrogen (secondary N) is 2. The molecule has 4 heteroatoms. The molecule has 0 bridgehead atoms. The van der Waals surface area contributed by atoms with E-state index in [4.69, 9.17) is 9.47 Å². The zero-order valence-corrected chi connectivity index (χ0v) is 16.7. The SMILES string of the molecule is C1CC2(CCN1)COC2.C1CNCC2(C1)CCOC2.CC.CCC. The van der Waals surface area contributed by atoms with Crippen LogP contribution in [0.25, 0.3) is 0 Å². The van der Waals surface area contributed by atoms with Crippen LogP contribution in [-0.4, -0.2) is 52.6 Å². The second-order valence-corrected chi connectivity index (χ2v) is 7.53. The Bertz CT molecular complexity index is 284. The fourth-order valence-corrected chi connectivity index (χ4v) is 3.65. The quantitative estimate of drug-likeness (QED) is 0.706. The van der Waals surface area contributed by atoms with Gasteiger partial charge in [-0.05, 0) is 51.7 Å². The van der Waals surface area contributed by atoms with Crippen molar-refractivity contribution in [2.45, 2.75) is 66.2 Å². The first-order valence-electron chi connectivity index (χ1n) is 10.3. The van der Waals surface area contributed by atoms with Crippen molar-refractivity contribution >= 4 is 0 Å². The van der Waals surface area contributed by atoms with E-state index in [9.17, 15) is 0 Å². The van der Waals surface area contributed by atoms with Gasteiger partial charge in [-0.15, -0.1) is 0 Å².